The average Bonchev–Trinajstić information content (AvgIpc) is 3.13. The molecule has 0 aliphatic carbocycles. The molecule has 0 atom stereocenters. The van der Waals surface area contributed by atoms with Crippen molar-refractivity contribution in [1.29, 1.82) is 0 Å². The van der Waals surface area contributed by atoms with E-state index in [-0.39, 0.29) is 5.97 Å². The number of thioether (sulfide) groups is 1. The van der Waals surface area contributed by atoms with Crippen molar-refractivity contribution in [2.24, 2.45) is 0 Å². The van der Waals surface area contributed by atoms with Gasteiger partial charge in [-0.25, -0.2) is 0 Å². The second-order valence-electron chi connectivity index (χ2n) is 7.22. The van der Waals surface area contributed by atoms with Gasteiger partial charge in [0.15, 0.2) is 0 Å². The van der Waals surface area contributed by atoms with Crippen LogP contribution in [0.2, 0.25) is 0 Å². The molecule has 1 heterocycles. The molecular weight excluding hydrogens is 568 g/mol. The summed E-state index contributed by atoms with van der Waals surface area (Å²) in [7, 11) is 1.40. The van der Waals surface area contributed by atoms with Gasteiger partial charge in [-0.2, -0.15) is 13.2 Å². The predicted octanol–water partition coefficient (Wildman–Crippen LogP) is 7.79. The highest BCUT2D eigenvalue weighted by Crippen LogP contribution is 2.36. The Morgan fingerprint density at radius 3 is 2.44 bits per heavy atom. The number of carbonyl (C=O) groups is 1. The summed E-state index contributed by atoms with van der Waals surface area (Å²) in [4.78, 5) is 14.7. The number of benzene rings is 2. The minimum atomic E-state index is -4.32. The molecule has 0 amide bonds. The zero-order valence-corrected chi connectivity index (χ0v) is 21.4. The first-order valence-corrected chi connectivity index (χ1v) is 12.8. The molecule has 0 aliphatic rings. The summed E-state index contributed by atoms with van der Waals surface area (Å²) >= 11 is 5.70. The molecule has 0 saturated carbocycles. The molecule has 0 fully saturated rings. The molecule has 0 N–H and O–H groups in total. The number of alkyl halides is 3. The topological polar surface area (TPSA) is 26.3 Å². The fourth-order valence-electron chi connectivity index (χ4n) is 3.18. The molecular formula is C24H22F3IO2S2. The quantitative estimate of drug-likeness (QED) is 0.152. The van der Waals surface area contributed by atoms with E-state index in [1.165, 1.54) is 29.0 Å². The highest BCUT2D eigenvalue weighted by Gasteiger charge is 2.30. The van der Waals surface area contributed by atoms with Gasteiger partial charge in [-0.05, 0) is 89.4 Å². The number of methoxy groups -OCH3 is 1. The maximum atomic E-state index is 12.8. The third kappa shape index (κ3) is 6.74. The van der Waals surface area contributed by atoms with Crippen molar-refractivity contribution in [2.75, 3.05) is 12.9 Å². The third-order valence-electron chi connectivity index (χ3n) is 4.99. The lowest BCUT2D eigenvalue weighted by atomic mass is 10.0. The van der Waals surface area contributed by atoms with E-state index in [2.05, 4.69) is 47.7 Å². The standard InChI is InChI=1S/C24H22F3IO2S2/c1-15-13-19(9-5-16(15)6-10-23(29)30-2)31-12-11-21-20(28)14-22(32-21)17-3-7-18(8-4-17)24(25,26)27/h3-5,7-9,13-14H,6,10-12H2,1-2H3. The SMILES string of the molecule is COC(=O)CCc1ccc(SCCc2sc(-c3ccc(C(F)(F)F)cc3)cc2I)cc1C. The largest absolute Gasteiger partial charge is 0.469 e. The van der Waals surface area contributed by atoms with E-state index in [1.54, 1.807) is 23.1 Å². The van der Waals surface area contributed by atoms with E-state index in [0.29, 0.717) is 12.8 Å². The Labute approximate surface area is 207 Å². The summed E-state index contributed by atoms with van der Waals surface area (Å²) in [5.41, 5.74) is 2.48. The second kappa shape index (κ2) is 11.1. The third-order valence-corrected chi connectivity index (χ3v) is 8.56. The molecule has 3 rings (SSSR count). The van der Waals surface area contributed by atoms with Crippen LogP contribution in [0.25, 0.3) is 10.4 Å². The van der Waals surface area contributed by atoms with Crippen molar-refractivity contribution >= 4 is 51.7 Å². The second-order valence-corrected chi connectivity index (χ2v) is 10.7. The summed E-state index contributed by atoms with van der Waals surface area (Å²) in [5.74, 6) is 0.702. The first-order valence-electron chi connectivity index (χ1n) is 9.92. The van der Waals surface area contributed by atoms with Crippen LogP contribution in [0, 0.1) is 10.5 Å². The van der Waals surface area contributed by atoms with E-state index in [9.17, 15) is 18.0 Å². The summed E-state index contributed by atoms with van der Waals surface area (Å²) < 4.78 is 44.2. The molecule has 2 aromatic carbocycles. The number of rotatable bonds is 8. The Bertz CT molecular complexity index is 1080. The van der Waals surface area contributed by atoms with Crippen molar-refractivity contribution in [3.8, 4) is 10.4 Å². The lowest BCUT2D eigenvalue weighted by Crippen LogP contribution is -2.03. The Balaban J connectivity index is 1.58. The summed E-state index contributed by atoms with van der Waals surface area (Å²) in [5, 5.41) is 0. The fourth-order valence-corrected chi connectivity index (χ4v) is 6.46. The van der Waals surface area contributed by atoms with E-state index in [0.717, 1.165) is 49.4 Å². The molecule has 0 radical (unpaired) electrons. The Kier molecular flexibility index (Phi) is 8.68. The molecule has 0 aliphatic heterocycles. The van der Waals surface area contributed by atoms with Gasteiger partial charge in [0.25, 0.3) is 0 Å². The van der Waals surface area contributed by atoms with Crippen LogP contribution in [0.5, 0.6) is 0 Å². The van der Waals surface area contributed by atoms with Crippen LogP contribution in [0.15, 0.2) is 53.4 Å². The zero-order valence-electron chi connectivity index (χ0n) is 17.6. The molecule has 1 aromatic heterocycles. The van der Waals surface area contributed by atoms with Gasteiger partial charge in [-0.1, -0.05) is 18.2 Å². The Hall–Kier alpha value is -1.52. The van der Waals surface area contributed by atoms with Gasteiger partial charge < -0.3 is 4.74 Å². The van der Waals surface area contributed by atoms with Crippen LogP contribution in [-0.4, -0.2) is 18.8 Å². The van der Waals surface area contributed by atoms with E-state index >= 15 is 0 Å². The van der Waals surface area contributed by atoms with Crippen LogP contribution in [0.4, 0.5) is 13.2 Å². The normalized spacial score (nSPS) is 11.6. The molecule has 2 nitrogen and oxygen atoms in total. The minimum Gasteiger partial charge on any atom is -0.469 e. The maximum absolute atomic E-state index is 12.8. The number of halogens is 4. The summed E-state index contributed by atoms with van der Waals surface area (Å²) in [6.07, 6.45) is -2.38. The highest BCUT2D eigenvalue weighted by molar-refractivity contribution is 14.1. The van der Waals surface area contributed by atoms with Gasteiger partial charge in [0.1, 0.15) is 0 Å². The van der Waals surface area contributed by atoms with Gasteiger partial charge in [0.05, 0.1) is 12.7 Å². The van der Waals surface area contributed by atoms with Crippen LogP contribution < -0.4 is 0 Å². The van der Waals surface area contributed by atoms with Gasteiger partial charge in [0, 0.05) is 30.4 Å². The number of carbonyl (C=O) groups excluding carboxylic acids is 1. The summed E-state index contributed by atoms with van der Waals surface area (Å²) in [6.45, 7) is 2.05. The van der Waals surface area contributed by atoms with Crippen molar-refractivity contribution in [1.82, 2.24) is 0 Å². The maximum Gasteiger partial charge on any atom is 0.416 e. The predicted molar refractivity (Wildman–Crippen MR) is 133 cm³/mol. The molecule has 0 spiro atoms. The van der Waals surface area contributed by atoms with Gasteiger partial charge in [-0.15, -0.1) is 23.1 Å². The van der Waals surface area contributed by atoms with Crippen molar-refractivity contribution in [3.05, 3.63) is 73.7 Å². The summed E-state index contributed by atoms with van der Waals surface area (Å²) in [6, 6.07) is 13.7. The van der Waals surface area contributed by atoms with Crippen molar-refractivity contribution < 1.29 is 22.7 Å². The van der Waals surface area contributed by atoms with Gasteiger partial charge in [-0.3, -0.25) is 4.79 Å². The number of esters is 1. The van der Waals surface area contributed by atoms with Gasteiger partial charge >= 0.3 is 12.1 Å². The van der Waals surface area contributed by atoms with Crippen LogP contribution in [0.3, 0.4) is 0 Å². The molecule has 32 heavy (non-hydrogen) atoms. The molecule has 3 aromatic rings. The molecule has 0 bridgehead atoms. The monoisotopic (exact) mass is 590 g/mol. The lowest BCUT2D eigenvalue weighted by Gasteiger charge is -2.08. The molecule has 0 unspecified atom stereocenters. The molecule has 8 heteroatoms. The molecule has 0 saturated heterocycles. The number of hydrogen-bond donors (Lipinski definition) is 0. The van der Waals surface area contributed by atoms with Crippen molar-refractivity contribution in [3.63, 3.8) is 0 Å². The number of ether oxygens (including phenoxy) is 1. The first kappa shape index (κ1) is 25.1. The number of aryl methyl sites for hydroxylation is 3. The van der Waals surface area contributed by atoms with Crippen LogP contribution >= 0.6 is 45.7 Å². The van der Waals surface area contributed by atoms with Crippen LogP contribution in [0.1, 0.15) is 28.0 Å². The zero-order chi connectivity index (χ0) is 23.3. The van der Waals surface area contributed by atoms with Crippen LogP contribution in [-0.2, 0) is 28.5 Å². The Morgan fingerprint density at radius 1 is 1.09 bits per heavy atom. The average molecular weight is 590 g/mol. The number of thiophene rings is 1. The number of hydrogen-bond acceptors (Lipinski definition) is 4. The van der Waals surface area contributed by atoms with E-state index in [1.807, 2.05) is 6.07 Å². The van der Waals surface area contributed by atoms with Gasteiger partial charge in [0.2, 0.25) is 0 Å². The van der Waals surface area contributed by atoms with E-state index < -0.39 is 11.7 Å². The molecule has 170 valence electrons. The van der Waals surface area contributed by atoms with E-state index in [4.69, 9.17) is 4.74 Å². The fraction of sp³-hybridized carbons (Fsp3) is 0.292. The minimum absolute atomic E-state index is 0.205. The smallest absolute Gasteiger partial charge is 0.416 e. The van der Waals surface area contributed by atoms with Crippen molar-refractivity contribution in [2.45, 2.75) is 37.3 Å². The lowest BCUT2D eigenvalue weighted by molar-refractivity contribution is -0.140. The Morgan fingerprint density at radius 2 is 1.81 bits per heavy atom. The first-order chi connectivity index (χ1) is 15.2. The highest BCUT2D eigenvalue weighted by atomic mass is 127.